The Morgan fingerprint density at radius 1 is 1.35 bits per heavy atom. The van der Waals surface area contributed by atoms with Crippen LogP contribution in [0.1, 0.15) is 19.3 Å². The molecule has 0 atom stereocenters. The van der Waals surface area contributed by atoms with Gasteiger partial charge in [-0.1, -0.05) is 11.6 Å². The first-order valence-electron chi connectivity index (χ1n) is 5.81. The molecular weight excluding hydrogens is 305 g/mol. The minimum absolute atomic E-state index is 0.105. The van der Waals surface area contributed by atoms with Crippen molar-refractivity contribution in [1.29, 1.82) is 0 Å². The molecule has 2 heterocycles. The molecule has 0 amide bonds. The quantitative estimate of drug-likeness (QED) is 0.798. The van der Waals surface area contributed by atoms with Gasteiger partial charge >= 0.3 is 0 Å². The van der Waals surface area contributed by atoms with Crippen LogP contribution in [0.15, 0.2) is 15.6 Å². The van der Waals surface area contributed by atoms with E-state index in [0.717, 1.165) is 13.0 Å². The first-order chi connectivity index (χ1) is 8.18. The third kappa shape index (κ3) is 3.30. The van der Waals surface area contributed by atoms with Gasteiger partial charge in [0.05, 0.1) is 6.33 Å². The maximum absolute atomic E-state index is 11.8. The number of aromatic nitrogens is 2. The van der Waals surface area contributed by atoms with Crippen LogP contribution in [-0.4, -0.2) is 34.1 Å². The van der Waals surface area contributed by atoms with Crippen LogP contribution in [0.5, 0.6) is 0 Å². The topological polar surface area (TPSA) is 38.1 Å². The molecule has 6 heteroatoms. The van der Waals surface area contributed by atoms with Crippen molar-refractivity contribution in [1.82, 2.24) is 14.5 Å². The van der Waals surface area contributed by atoms with E-state index in [2.05, 4.69) is 25.8 Å². The lowest BCUT2D eigenvalue weighted by atomic mass is 10.4. The molecule has 0 aliphatic carbocycles. The van der Waals surface area contributed by atoms with Crippen molar-refractivity contribution < 1.29 is 0 Å². The summed E-state index contributed by atoms with van der Waals surface area (Å²) in [5.74, 6) is 0. The Labute approximate surface area is 114 Å². The summed E-state index contributed by atoms with van der Waals surface area (Å²) in [7, 11) is 0. The summed E-state index contributed by atoms with van der Waals surface area (Å²) in [6.45, 7) is 4.12. The SMILES string of the molecule is O=c1c(Br)c(Cl)ncn1CCCN1CCCC1. The zero-order chi connectivity index (χ0) is 12.3. The molecule has 0 N–H and O–H groups in total. The van der Waals surface area contributed by atoms with E-state index in [1.165, 1.54) is 32.3 Å². The molecule has 0 aromatic carbocycles. The molecule has 2 rings (SSSR count). The van der Waals surface area contributed by atoms with Crippen molar-refractivity contribution in [2.24, 2.45) is 0 Å². The molecule has 0 radical (unpaired) electrons. The second-order valence-corrected chi connectivity index (χ2v) is 5.40. The molecule has 0 saturated carbocycles. The van der Waals surface area contributed by atoms with E-state index in [0.29, 0.717) is 11.0 Å². The van der Waals surface area contributed by atoms with Gasteiger partial charge in [-0.2, -0.15) is 0 Å². The second-order valence-electron chi connectivity index (χ2n) is 4.25. The standard InChI is InChI=1S/C11H15BrClN3O/c12-9-10(13)14-8-16(11(9)17)7-3-6-15-4-1-2-5-15/h8H,1-7H2. The normalized spacial score (nSPS) is 16.6. The third-order valence-electron chi connectivity index (χ3n) is 3.01. The van der Waals surface area contributed by atoms with Gasteiger partial charge < -0.3 is 4.90 Å². The Morgan fingerprint density at radius 2 is 2.06 bits per heavy atom. The monoisotopic (exact) mass is 319 g/mol. The van der Waals surface area contributed by atoms with Crippen LogP contribution < -0.4 is 5.56 Å². The van der Waals surface area contributed by atoms with Gasteiger partial charge in [-0.05, 0) is 54.8 Å². The summed E-state index contributed by atoms with van der Waals surface area (Å²) in [5.41, 5.74) is -0.105. The summed E-state index contributed by atoms with van der Waals surface area (Å²) in [5, 5.41) is 0.228. The first-order valence-corrected chi connectivity index (χ1v) is 6.98. The van der Waals surface area contributed by atoms with Crippen molar-refractivity contribution in [3.8, 4) is 0 Å². The van der Waals surface area contributed by atoms with Crippen LogP contribution in [0.3, 0.4) is 0 Å². The number of hydrogen-bond donors (Lipinski definition) is 0. The van der Waals surface area contributed by atoms with E-state index in [4.69, 9.17) is 11.6 Å². The molecule has 4 nitrogen and oxygen atoms in total. The number of likely N-dealkylation sites (tertiary alicyclic amines) is 1. The van der Waals surface area contributed by atoms with Crippen molar-refractivity contribution in [3.63, 3.8) is 0 Å². The van der Waals surface area contributed by atoms with Crippen molar-refractivity contribution in [2.45, 2.75) is 25.8 Å². The second kappa shape index (κ2) is 5.98. The van der Waals surface area contributed by atoms with Crippen LogP contribution in [0.2, 0.25) is 5.15 Å². The third-order valence-corrected chi connectivity index (χ3v) is 4.24. The average molecular weight is 321 g/mol. The van der Waals surface area contributed by atoms with Crippen LogP contribution in [-0.2, 0) is 6.54 Å². The van der Waals surface area contributed by atoms with Gasteiger partial charge in [-0.25, -0.2) is 4.98 Å². The fourth-order valence-corrected chi connectivity index (χ4v) is 2.53. The summed E-state index contributed by atoms with van der Waals surface area (Å²) < 4.78 is 1.95. The average Bonchev–Trinajstić information content (AvgIpc) is 2.82. The van der Waals surface area contributed by atoms with E-state index in [1.54, 1.807) is 4.57 Å². The smallest absolute Gasteiger partial charge is 0.269 e. The van der Waals surface area contributed by atoms with Gasteiger partial charge in [-0.15, -0.1) is 0 Å². The fourth-order valence-electron chi connectivity index (χ4n) is 2.07. The van der Waals surface area contributed by atoms with Gasteiger partial charge in [0.2, 0.25) is 0 Å². The maximum Gasteiger partial charge on any atom is 0.269 e. The number of halogens is 2. The number of rotatable bonds is 4. The zero-order valence-electron chi connectivity index (χ0n) is 9.53. The van der Waals surface area contributed by atoms with Crippen molar-refractivity contribution in [2.75, 3.05) is 19.6 Å². The highest BCUT2D eigenvalue weighted by Crippen LogP contribution is 2.13. The Morgan fingerprint density at radius 3 is 2.76 bits per heavy atom. The van der Waals surface area contributed by atoms with E-state index >= 15 is 0 Å². The molecule has 0 bridgehead atoms. The molecule has 17 heavy (non-hydrogen) atoms. The van der Waals surface area contributed by atoms with Crippen LogP contribution in [0.4, 0.5) is 0 Å². The molecule has 1 aliphatic heterocycles. The van der Waals surface area contributed by atoms with Crippen LogP contribution >= 0.6 is 27.5 Å². The number of hydrogen-bond acceptors (Lipinski definition) is 3. The van der Waals surface area contributed by atoms with Gasteiger partial charge in [0, 0.05) is 6.54 Å². The highest BCUT2D eigenvalue weighted by atomic mass is 79.9. The summed E-state index contributed by atoms with van der Waals surface area (Å²) in [4.78, 5) is 18.2. The van der Waals surface area contributed by atoms with Crippen molar-refractivity contribution in [3.05, 3.63) is 26.3 Å². The number of nitrogens with zero attached hydrogens (tertiary/aromatic N) is 3. The predicted molar refractivity (Wildman–Crippen MR) is 71.5 cm³/mol. The molecule has 0 unspecified atom stereocenters. The molecule has 0 spiro atoms. The van der Waals surface area contributed by atoms with Gasteiger partial charge in [0.1, 0.15) is 4.47 Å². The molecule has 1 aromatic heterocycles. The Hall–Kier alpha value is -0.390. The van der Waals surface area contributed by atoms with Crippen molar-refractivity contribution >= 4 is 27.5 Å². The number of aryl methyl sites for hydroxylation is 1. The molecule has 1 fully saturated rings. The molecule has 1 aliphatic rings. The zero-order valence-corrected chi connectivity index (χ0v) is 11.9. The minimum Gasteiger partial charge on any atom is -0.303 e. The first kappa shape index (κ1) is 13.1. The lowest BCUT2D eigenvalue weighted by molar-refractivity contribution is 0.324. The van der Waals surface area contributed by atoms with E-state index in [-0.39, 0.29) is 10.7 Å². The fraction of sp³-hybridized carbons (Fsp3) is 0.636. The molecule has 94 valence electrons. The van der Waals surface area contributed by atoms with E-state index in [1.807, 2.05) is 0 Å². The van der Waals surface area contributed by atoms with Gasteiger partial charge in [-0.3, -0.25) is 9.36 Å². The lowest BCUT2D eigenvalue weighted by Crippen LogP contribution is -2.25. The maximum atomic E-state index is 11.8. The van der Waals surface area contributed by atoms with Crippen LogP contribution in [0.25, 0.3) is 0 Å². The molecule has 1 aromatic rings. The van der Waals surface area contributed by atoms with Gasteiger partial charge in [0.25, 0.3) is 5.56 Å². The Balaban J connectivity index is 1.90. The van der Waals surface area contributed by atoms with Crippen LogP contribution in [0, 0.1) is 0 Å². The summed E-state index contributed by atoms with van der Waals surface area (Å²) in [6, 6.07) is 0. The van der Waals surface area contributed by atoms with E-state index in [9.17, 15) is 4.79 Å². The highest BCUT2D eigenvalue weighted by molar-refractivity contribution is 9.10. The molecular formula is C11H15BrClN3O. The lowest BCUT2D eigenvalue weighted by Gasteiger charge is -2.14. The van der Waals surface area contributed by atoms with Gasteiger partial charge in [0.15, 0.2) is 5.15 Å². The minimum atomic E-state index is -0.105. The summed E-state index contributed by atoms with van der Waals surface area (Å²) in [6.07, 6.45) is 5.08. The Bertz CT molecular complexity index is 443. The molecule has 1 saturated heterocycles. The highest BCUT2D eigenvalue weighted by Gasteiger charge is 2.11. The Kier molecular flexibility index (Phi) is 4.59. The predicted octanol–water partition coefficient (Wildman–Crippen LogP) is 2.15. The summed E-state index contributed by atoms with van der Waals surface area (Å²) >= 11 is 8.89. The largest absolute Gasteiger partial charge is 0.303 e. The van der Waals surface area contributed by atoms with E-state index < -0.39 is 0 Å².